The van der Waals surface area contributed by atoms with E-state index in [1.54, 1.807) is 6.92 Å². The SMILES string of the molecule is CCC(=O)OCC(=O)c1c(N)n(CC(C)C)c(=O)n(C)c1=O. The van der Waals surface area contributed by atoms with Gasteiger partial charge in [0.05, 0.1) is 0 Å². The number of hydrogen-bond donors (Lipinski definition) is 1. The number of Topliss-reactive ketones (excluding diaryl/α,β-unsaturated/α-hetero) is 1. The van der Waals surface area contributed by atoms with Crippen LogP contribution >= 0.6 is 0 Å². The van der Waals surface area contributed by atoms with Crippen molar-refractivity contribution in [2.45, 2.75) is 33.7 Å². The number of anilines is 1. The number of esters is 1. The molecule has 0 atom stereocenters. The normalized spacial score (nSPS) is 10.8. The molecule has 1 aromatic rings. The van der Waals surface area contributed by atoms with Crippen molar-refractivity contribution in [1.82, 2.24) is 9.13 Å². The summed E-state index contributed by atoms with van der Waals surface area (Å²) in [6.45, 7) is 5.03. The van der Waals surface area contributed by atoms with E-state index in [1.165, 1.54) is 11.6 Å². The van der Waals surface area contributed by atoms with Gasteiger partial charge in [0, 0.05) is 20.0 Å². The van der Waals surface area contributed by atoms with Gasteiger partial charge in [0.25, 0.3) is 5.56 Å². The average molecular weight is 311 g/mol. The van der Waals surface area contributed by atoms with E-state index in [9.17, 15) is 19.2 Å². The van der Waals surface area contributed by atoms with Crippen molar-refractivity contribution in [3.05, 3.63) is 26.4 Å². The highest BCUT2D eigenvalue weighted by Gasteiger charge is 2.22. The maximum atomic E-state index is 12.1. The van der Waals surface area contributed by atoms with Crippen LogP contribution in [-0.4, -0.2) is 27.5 Å². The molecule has 0 saturated carbocycles. The highest BCUT2D eigenvalue weighted by molar-refractivity contribution is 6.01. The zero-order chi connectivity index (χ0) is 17.0. The first-order chi connectivity index (χ1) is 10.2. The van der Waals surface area contributed by atoms with Crippen LogP contribution in [0.15, 0.2) is 9.59 Å². The molecule has 0 aliphatic carbocycles. The molecule has 8 heteroatoms. The number of nitrogen functional groups attached to an aromatic ring is 1. The van der Waals surface area contributed by atoms with E-state index in [0.29, 0.717) is 0 Å². The quantitative estimate of drug-likeness (QED) is 0.580. The molecule has 0 bridgehead atoms. The van der Waals surface area contributed by atoms with E-state index < -0.39 is 29.6 Å². The summed E-state index contributed by atoms with van der Waals surface area (Å²) in [7, 11) is 1.27. The van der Waals surface area contributed by atoms with Crippen LogP contribution in [0.2, 0.25) is 0 Å². The lowest BCUT2D eigenvalue weighted by Crippen LogP contribution is -2.43. The number of hydrogen-bond acceptors (Lipinski definition) is 6. The molecule has 0 unspecified atom stereocenters. The summed E-state index contributed by atoms with van der Waals surface area (Å²) < 4.78 is 6.74. The molecular weight excluding hydrogens is 290 g/mol. The van der Waals surface area contributed by atoms with Crippen molar-refractivity contribution in [3.63, 3.8) is 0 Å². The fourth-order valence-corrected chi connectivity index (χ4v) is 1.91. The Morgan fingerprint density at radius 1 is 1.27 bits per heavy atom. The molecule has 8 nitrogen and oxygen atoms in total. The second-order valence-electron chi connectivity index (χ2n) is 5.35. The Labute approximate surface area is 127 Å². The van der Waals surface area contributed by atoms with Crippen LogP contribution in [-0.2, 0) is 23.1 Å². The Kier molecular flexibility index (Phi) is 5.67. The van der Waals surface area contributed by atoms with Crippen molar-refractivity contribution in [1.29, 1.82) is 0 Å². The van der Waals surface area contributed by atoms with E-state index in [1.807, 2.05) is 13.8 Å². The summed E-state index contributed by atoms with van der Waals surface area (Å²) in [5.74, 6) is -1.38. The third-order valence-corrected chi connectivity index (χ3v) is 3.06. The van der Waals surface area contributed by atoms with Gasteiger partial charge in [0.15, 0.2) is 6.61 Å². The van der Waals surface area contributed by atoms with Crippen LogP contribution in [0.3, 0.4) is 0 Å². The van der Waals surface area contributed by atoms with Crippen molar-refractivity contribution >= 4 is 17.6 Å². The van der Waals surface area contributed by atoms with Crippen LogP contribution in [0.25, 0.3) is 0 Å². The molecule has 122 valence electrons. The molecule has 0 amide bonds. The monoisotopic (exact) mass is 311 g/mol. The fraction of sp³-hybridized carbons (Fsp3) is 0.571. The first-order valence-corrected chi connectivity index (χ1v) is 6.98. The first-order valence-electron chi connectivity index (χ1n) is 6.98. The highest BCUT2D eigenvalue weighted by atomic mass is 16.5. The van der Waals surface area contributed by atoms with Gasteiger partial charge in [-0.05, 0) is 5.92 Å². The largest absolute Gasteiger partial charge is 0.457 e. The Bertz CT molecular complexity index is 700. The van der Waals surface area contributed by atoms with Gasteiger partial charge in [-0.25, -0.2) is 4.79 Å². The number of nitrogens with zero attached hydrogens (tertiary/aromatic N) is 2. The van der Waals surface area contributed by atoms with E-state index in [0.717, 1.165) is 4.57 Å². The molecule has 0 saturated heterocycles. The Morgan fingerprint density at radius 2 is 1.86 bits per heavy atom. The number of ether oxygens (including phenoxy) is 1. The van der Waals surface area contributed by atoms with Crippen molar-refractivity contribution in [2.75, 3.05) is 12.3 Å². The molecule has 0 aliphatic heterocycles. The van der Waals surface area contributed by atoms with Gasteiger partial charge in [-0.3, -0.25) is 23.5 Å². The minimum Gasteiger partial charge on any atom is -0.457 e. The van der Waals surface area contributed by atoms with Gasteiger partial charge in [0.2, 0.25) is 5.78 Å². The summed E-state index contributed by atoms with van der Waals surface area (Å²) in [6, 6.07) is 0. The molecule has 1 aromatic heterocycles. The highest BCUT2D eigenvalue weighted by Crippen LogP contribution is 2.08. The minimum absolute atomic E-state index is 0.0957. The number of rotatable bonds is 6. The summed E-state index contributed by atoms with van der Waals surface area (Å²) in [6.07, 6.45) is 0.119. The van der Waals surface area contributed by atoms with E-state index in [4.69, 9.17) is 10.5 Å². The zero-order valence-corrected chi connectivity index (χ0v) is 13.2. The van der Waals surface area contributed by atoms with Gasteiger partial charge in [-0.1, -0.05) is 20.8 Å². The zero-order valence-electron chi connectivity index (χ0n) is 13.2. The topological polar surface area (TPSA) is 113 Å². The molecule has 0 fully saturated rings. The van der Waals surface area contributed by atoms with Crippen molar-refractivity contribution in [2.24, 2.45) is 13.0 Å². The molecule has 0 aliphatic rings. The Morgan fingerprint density at radius 3 is 2.36 bits per heavy atom. The molecule has 0 spiro atoms. The van der Waals surface area contributed by atoms with Crippen molar-refractivity contribution < 1.29 is 14.3 Å². The molecule has 0 radical (unpaired) electrons. The Hall–Kier alpha value is -2.38. The summed E-state index contributed by atoms with van der Waals surface area (Å²) in [5.41, 5.74) is 4.13. The van der Waals surface area contributed by atoms with E-state index in [-0.39, 0.29) is 30.3 Å². The number of ketones is 1. The first kappa shape index (κ1) is 17.7. The van der Waals surface area contributed by atoms with Crippen LogP contribution in [0.5, 0.6) is 0 Å². The number of carbonyl (C=O) groups is 2. The van der Waals surface area contributed by atoms with Crippen LogP contribution in [0, 0.1) is 5.92 Å². The molecule has 0 aromatic carbocycles. The maximum Gasteiger partial charge on any atom is 0.332 e. The number of aromatic nitrogens is 2. The summed E-state index contributed by atoms with van der Waals surface area (Å²) >= 11 is 0. The molecule has 22 heavy (non-hydrogen) atoms. The lowest BCUT2D eigenvalue weighted by atomic mass is 10.1. The standard InChI is InChI=1S/C14H21N3O5/c1-5-10(19)22-7-9(18)11-12(15)17(6-8(2)3)14(21)16(4)13(11)20/h8H,5-7,15H2,1-4H3. The number of nitrogens with two attached hydrogens (primary N) is 1. The van der Waals surface area contributed by atoms with Gasteiger partial charge in [-0.2, -0.15) is 0 Å². The second kappa shape index (κ2) is 7.06. The lowest BCUT2D eigenvalue weighted by molar-refractivity contribution is -0.142. The van der Waals surface area contributed by atoms with Gasteiger partial charge < -0.3 is 10.5 Å². The van der Waals surface area contributed by atoms with E-state index >= 15 is 0 Å². The fourth-order valence-electron chi connectivity index (χ4n) is 1.91. The molecular formula is C14H21N3O5. The molecule has 1 rings (SSSR count). The third-order valence-electron chi connectivity index (χ3n) is 3.06. The van der Waals surface area contributed by atoms with Crippen LogP contribution in [0.4, 0.5) is 5.82 Å². The summed E-state index contributed by atoms with van der Waals surface area (Å²) in [4.78, 5) is 47.4. The Balaban J connectivity index is 3.33. The third kappa shape index (κ3) is 3.63. The predicted molar refractivity (Wildman–Crippen MR) is 80.8 cm³/mol. The summed E-state index contributed by atoms with van der Waals surface area (Å²) in [5, 5.41) is 0. The van der Waals surface area contributed by atoms with Crippen molar-refractivity contribution in [3.8, 4) is 0 Å². The average Bonchev–Trinajstić information content (AvgIpc) is 2.47. The van der Waals surface area contributed by atoms with Gasteiger partial charge in [-0.15, -0.1) is 0 Å². The maximum absolute atomic E-state index is 12.1. The van der Waals surface area contributed by atoms with E-state index in [2.05, 4.69) is 0 Å². The molecule has 1 heterocycles. The predicted octanol–water partition coefficient (Wildman–Crippen LogP) is -0.0789. The smallest absolute Gasteiger partial charge is 0.332 e. The van der Waals surface area contributed by atoms with Gasteiger partial charge in [0.1, 0.15) is 11.4 Å². The van der Waals surface area contributed by atoms with Crippen LogP contribution in [0.1, 0.15) is 37.6 Å². The second-order valence-corrected chi connectivity index (χ2v) is 5.35. The van der Waals surface area contributed by atoms with Crippen LogP contribution < -0.4 is 17.0 Å². The number of carbonyl (C=O) groups excluding carboxylic acids is 2. The minimum atomic E-state index is -0.792. The van der Waals surface area contributed by atoms with Gasteiger partial charge >= 0.3 is 11.7 Å². The molecule has 2 N–H and O–H groups in total. The lowest BCUT2D eigenvalue weighted by Gasteiger charge is -2.16.